The van der Waals surface area contributed by atoms with Gasteiger partial charge in [-0.25, -0.2) is 4.98 Å². The van der Waals surface area contributed by atoms with Gasteiger partial charge in [0.2, 0.25) is 0 Å². The lowest BCUT2D eigenvalue weighted by molar-refractivity contribution is 1.43. The van der Waals surface area contributed by atoms with Crippen LogP contribution in [0.2, 0.25) is 0 Å². The number of nitrogen functional groups attached to an aromatic ring is 1. The van der Waals surface area contributed by atoms with Gasteiger partial charge in [0.15, 0.2) is 0 Å². The van der Waals surface area contributed by atoms with Gasteiger partial charge in [-0.1, -0.05) is 48.5 Å². The Balaban J connectivity index is 2.06. The van der Waals surface area contributed by atoms with Crippen molar-refractivity contribution in [3.8, 4) is 11.3 Å². The fourth-order valence-corrected chi connectivity index (χ4v) is 3.62. The van der Waals surface area contributed by atoms with Crippen LogP contribution in [0.4, 0.5) is 5.69 Å². The summed E-state index contributed by atoms with van der Waals surface area (Å²) >= 11 is 1.69. The van der Waals surface area contributed by atoms with Crippen LogP contribution in [0.25, 0.3) is 31.6 Å². The zero-order valence-electron chi connectivity index (χ0n) is 10.7. The molecule has 4 aromatic rings. The molecule has 0 saturated heterocycles. The number of aromatic nitrogens is 1. The first-order chi connectivity index (χ1) is 9.83. The molecule has 0 aliphatic heterocycles. The molecule has 2 aromatic heterocycles. The number of benzene rings is 2. The number of hydrogen-bond donors (Lipinski definition) is 1. The van der Waals surface area contributed by atoms with E-state index in [9.17, 15) is 0 Å². The average molecular weight is 276 g/mol. The molecule has 0 unspecified atom stereocenters. The van der Waals surface area contributed by atoms with E-state index in [1.165, 1.54) is 10.1 Å². The summed E-state index contributed by atoms with van der Waals surface area (Å²) < 4.78 is 1.23. The summed E-state index contributed by atoms with van der Waals surface area (Å²) in [6, 6.07) is 20.4. The normalized spacial score (nSPS) is 11.2. The highest BCUT2D eigenvalue weighted by molar-refractivity contribution is 7.25. The molecule has 0 radical (unpaired) electrons. The van der Waals surface area contributed by atoms with E-state index in [1.807, 2.05) is 36.4 Å². The van der Waals surface area contributed by atoms with Crippen molar-refractivity contribution in [2.75, 3.05) is 5.73 Å². The number of fused-ring (bicyclic) bond motifs is 3. The van der Waals surface area contributed by atoms with E-state index in [1.54, 1.807) is 11.3 Å². The van der Waals surface area contributed by atoms with Crippen molar-refractivity contribution in [1.82, 2.24) is 4.98 Å². The largest absolute Gasteiger partial charge is 0.398 e. The third-order valence-corrected chi connectivity index (χ3v) is 4.51. The van der Waals surface area contributed by atoms with Crippen LogP contribution in [0, 0.1) is 0 Å². The number of nitrogens with zero attached hydrogens (tertiary/aromatic N) is 1. The predicted molar refractivity (Wildman–Crippen MR) is 87.0 cm³/mol. The number of pyridine rings is 1. The molecule has 0 spiro atoms. The number of thiophene rings is 1. The third-order valence-electron chi connectivity index (χ3n) is 3.45. The molecular formula is C17H12N2S. The minimum atomic E-state index is 0.798. The lowest BCUT2D eigenvalue weighted by atomic mass is 10.1. The Labute approximate surface area is 120 Å². The quantitative estimate of drug-likeness (QED) is 0.547. The lowest BCUT2D eigenvalue weighted by Gasteiger charge is -2.03. The Morgan fingerprint density at radius 1 is 0.900 bits per heavy atom. The molecule has 0 atom stereocenters. The van der Waals surface area contributed by atoms with E-state index >= 15 is 0 Å². The summed E-state index contributed by atoms with van der Waals surface area (Å²) in [5.41, 5.74) is 9.10. The number of anilines is 1. The van der Waals surface area contributed by atoms with Crippen molar-refractivity contribution in [3.63, 3.8) is 0 Å². The molecule has 2 heterocycles. The highest BCUT2D eigenvalue weighted by Gasteiger charge is 2.11. The van der Waals surface area contributed by atoms with Gasteiger partial charge in [0, 0.05) is 26.7 Å². The molecule has 0 aliphatic rings. The Bertz CT molecular complexity index is 910. The minimum absolute atomic E-state index is 0.798. The van der Waals surface area contributed by atoms with Gasteiger partial charge in [0.05, 0.1) is 5.69 Å². The van der Waals surface area contributed by atoms with Crippen LogP contribution >= 0.6 is 11.3 Å². The molecule has 2 N–H and O–H groups in total. The van der Waals surface area contributed by atoms with Crippen molar-refractivity contribution in [1.29, 1.82) is 0 Å². The Morgan fingerprint density at radius 2 is 1.65 bits per heavy atom. The van der Waals surface area contributed by atoms with Gasteiger partial charge in [-0.05, 0) is 12.1 Å². The van der Waals surface area contributed by atoms with E-state index in [2.05, 4.69) is 24.3 Å². The van der Waals surface area contributed by atoms with Crippen LogP contribution in [0.3, 0.4) is 0 Å². The first kappa shape index (κ1) is 11.4. The number of hydrogen-bond acceptors (Lipinski definition) is 3. The van der Waals surface area contributed by atoms with Crippen LogP contribution in [0.1, 0.15) is 0 Å². The summed E-state index contributed by atoms with van der Waals surface area (Å²) in [5, 5.41) is 2.27. The van der Waals surface area contributed by atoms with Crippen molar-refractivity contribution < 1.29 is 0 Å². The molecule has 20 heavy (non-hydrogen) atoms. The van der Waals surface area contributed by atoms with Crippen molar-refractivity contribution in [3.05, 3.63) is 60.7 Å². The van der Waals surface area contributed by atoms with Gasteiger partial charge in [-0.3, -0.25) is 0 Å². The molecule has 0 saturated carbocycles. The van der Waals surface area contributed by atoms with Gasteiger partial charge in [-0.15, -0.1) is 11.3 Å². The Kier molecular flexibility index (Phi) is 2.47. The number of rotatable bonds is 1. The molecule has 96 valence electrons. The zero-order chi connectivity index (χ0) is 13.5. The van der Waals surface area contributed by atoms with Crippen LogP contribution in [0.15, 0.2) is 60.7 Å². The summed E-state index contributed by atoms with van der Waals surface area (Å²) in [4.78, 5) is 5.79. The van der Waals surface area contributed by atoms with Crippen molar-refractivity contribution >= 4 is 37.3 Å². The van der Waals surface area contributed by atoms with Crippen LogP contribution < -0.4 is 5.73 Å². The standard InChI is InChI=1S/C17H12N2S/c18-13-10-14(11-6-2-1-3-7-11)19-17-16(13)12-8-4-5-9-15(12)20-17/h1-10H,(H2,18,19). The minimum Gasteiger partial charge on any atom is -0.398 e. The van der Waals surface area contributed by atoms with Crippen molar-refractivity contribution in [2.24, 2.45) is 0 Å². The molecule has 0 bridgehead atoms. The first-order valence-electron chi connectivity index (χ1n) is 6.46. The fourth-order valence-electron chi connectivity index (χ4n) is 2.51. The average Bonchev–Trinajstić information content (AvgIpc) is 2.87. The fraction of sp³-hybridized carbons (Fsp3) is 0. The SMILES string of the molecule is Nc1cc(-c2ccccc2)nc2sc3ccccc3c12. The molecule has 4 rings (SSSR count). The summed E-state index contributed by atoms with van der Waals surface area (Å²) in [5.74, 6) is 0. The smallest absolute Gasteiger partial charge is 0.127 e. The number of nitrogens with two attached hydrogens (primary N) is 1. The maximum atomic E-state index is 6.27. The molecule has 0 aliphatic carbocycles. The van der Waals surface area contributed by atoms with E-state index in [0.717, 1.165) is 27.2 Å². The summed E-state index contributed by atoms with van der Waals surface area (Å²) in [7, 11) is 0. The molecule has 3 heteroatoms. The lowest BCUT2D eigenvalue weighted by Crippen LogP contribution is -1.90. The van der Waals surface area contributed by atoms with E-state index < -0.39 is 0 Å². The second-order valence-corrected chi connectivity index (χ2v) is 5.77. The highest BCUT2D eigenvalue weighted by atomic mass is 32.1. The van der Waals surface area contributed by atoms with Gasteiger partial charge in [-0.2, -0.15) is 0 Å². The molecule has 0 fully saturated rings. The van der Waals surface area contributed by atoms with Gasteiger partial charge < -0.3 is 5.73 Å². The maximum Gasteiger partial charge on any atom is 0.127 e. The predicted octanol–water partition coefficient (Wildman–Crippen LogP) is 4.70. The van der Waals surface area contributed by atoms with E-state index in [4.69, 9.17) is 10.7 Å². The molecule has 2 aromatic carbocycles. The second kappa shape index (κ2) is 4.32. The molecule has 0 amide bonds. The van der Waals surface area contributed by atoms with E-state index in [0.29, 0.717) is 0 Å². The summed E-state index contributed by atoms with van der Waals surface area (Å²) in [6.45, 7) is 0. The topological polar surface area (TPSA) is 38.9 Å². The Hall–Kier alpha value is -2.39. The van der Waals surface area contributed by atoms with Crippen LogP contribution in [-0.2, 0) is 0 Å². The third kappa shape index (κ3) is 1.67. The molecular weight excluding hydrogens is 264 g/mol. The van der Waals surface area contributed by atoms with Gasteiger partial charge in [0.25, 0.3) is 0 Å². The van der Waals surface area contributed by atoms with Crippen LogP contribution in [0.5, 0.6) is 0 Å². The van der Waals surface area contributed by atoms with Crippen LogP contribution in [-0.4, -0.2) is 4.98 Å². The first-order valence-corrected chi connectivity index (χ1v) is 7.28. The van der Waals surface area contributed by atoms with Gasteiger partial charge >= 0.3 is 0 Å². The monoisotopic (exact) mass is 276 g/mol. The van der Waals surface area contributed by atoms with Crippen molar-refractivity contribution in [2.45, 2.75) is 0 Å². The maximum absolute atomic E-state index is 6.27. The highest BCUT2D eigenvalue weighted by Crippen LogP contribution is 2.37. The van der Waals surface area contributed by atoms with Gasteiger partial charge in [0.1, 0.15) is 4.83 Å². The Morgan fingerprint density at radius 3 is 2.50 bits per heavy atom. The van der Waals surface area contributed by atoms with E-state index in [-0.39, 0.29) is 0 Å². The second-order valence-electron chi connectivity index (χ2n) is 4.74. The zero-order valence-corrected chi connectivity index (χ0v) is 11.5. The summed E-state index contributed by atoms with van der Waals surface area (Å²) in [6.07, 6.45) is 0. The molecule has 2 nitrogen and oxygen atoms in total.